The van der Waals surface area contributed by atoms with Crippen molar-refractivity contribution in [3.05, 3.63) is 94.3 Å². The van der Waals surface area contributed by atoms with Crippen LogP contribution >= 0.6 is 0 Å². The first kappa shape index (κ1) is 38.8. The molecule has 3 nitrogen and oxygen atoms in total. The van der Waals surface area contributed by atoms with Crippen LogP contribution in [0.15, 0.2) is 65.1 Å². The van der Waals surface area contributed by atoms with E-state index in [0.717, 1.165) is 39.7 Å². The van der Waals surface area contributed by atoms with Crippen molar-refractivity contribution < 1.29 is 41.6 Å². The Morgan fingerprint density at radius 1 is 0.634 bits per heavy atom. The number of aromatic nitrogens is 1. The molecule has 0 N–H and O–H groups in total. The van der Waals surface area contributed by atoms with E-state index in [1.165, 1.54) is 22.3 Å². The zero-order chi connectivity index (χ0) is 28.1. The summed E-state index contributed by atoms with van der Waals surface area (Å²) in [6.07, 6.45) is 1.94. The molecule has 3 aromatic rings. The molecule has 2 aromatic carbocycles. The first-order chi connectivity index (χ1) is 18.0. The number of benzene rings is 2. The van der Waals surface area contributed by atoms with Crippen molar-refractivity contribution in [1.82, 2.24) is 4.98 Å². The second kappa shape index (κ2) is 17.0. The van der Waals surface area contributed by atoms with Gasteiger partial charge < -0.3 is 24.8 Å². The summed E-state index contributed by atoms with van der Waals surface area (Å²) in [4.78, 5) is 15.4. The van der Waals surface area contributed by atoms with Crippen molar-refractivity contribution in [2.45, 2.75) is 92.9 Å². The molecule has 1 radical (unpaired) electrons. The Morgan fingerprint density at radius 2 is 1.05 bits per heavy atom. The third-order valence-corrected chi connectivity index (χ3v) is 7.09. The molecule has 0 fully saturated rings. The molecular weight excluding hydrogens is 592 g/mol. The fraction of sp³-hybridized carbons (Fsp3) is 0.400. The summed E-state index contributed by atoms with van der Waals surface area (Å²) in [5, 5.41) is 0. The van der Waals surface area contributed by atoms with Gasteiger partial charge in [0.15, 0.2) is 0 Å². The second-order valence-electron chi connectivity index (χ2n) is 11.4. The van der Waals surface area contributed by atoms with Crippen LogP contribution in [-0.4, -0.2) is 16.4 Å². The maximum absolute atomic E-state index is 5.21. The zero-order valence-corrected chi connectivity index (χ0v) is 28.7. The second-order valence-corrected chi connectivity index (χ2v) is 11.4. The van der Waals surface area contributed by atoms with Crippen molar-refractivity contribution in [1.29, 1.82) is 0 Å². The topological polar surface area (TPSA) is 37.6 Å². The smallest absolute Gasteiger partial charge is 1.00 e. The zero-order valence-electron chi connectivity index (χ0n) is 26.1. The van der Waals surface area contributed by atoms with E-state index in [9.17, 15) is 0 Å². The van der Waals surface area contributed by atoms with Gasteiger partial charge in [-0.15, -0.1) is 0 Å². The van der Waals surface area contributed by atoms with E-state index in [2.05, 4.69) is 112 Å². The standard InChI is InChI=1S/C35H45N3.2ClH.Co/c1-12-27-19-20-30(23(6)7)35(33(27)24(8)9)37-26(11)32-18-14-17-31(38-32)25(10)36-34-28(21(2)3)15-13-16-29(34)22(4)5;;;/h12-24H,1H2,2-11H3;2*1H;/q;;;+2/p-2. The van der Waals surface area contributed by atoms with Crippen LogP contribution in [0.5, 0.6) is 0 Å². The Kier molecular flexibility index (Phi) is 16.1. The molecule has 0 spiro atoms. The predicted octanol–water partition coefficient (Wildman–Crippen LogP) is 4.51. The van der Waals surface area contributed by atoms with Gasteiger partial charge in [0.25, 0.3) is 0 Å². The van der Waals surface area contributed by atoms with Crippen LogP contribution in [0.4, 0.5) is 11.4 Å². The summed E-state index contributed by atoms with van der Waals surface area (Å²) in [6.45, 7) is 26.0. The van der Waals surface area contributed by atoms with Gasteiger partial charge in [-0.2, -0.15) is 0 Å². The molecule has 0 aliphatic rings. The molecule has 0 unspecified atom stereocenters. The summed E-state index contributed by atoms with van der Waals surface area (Å²) in [7, 11) is 0. The van der Waals surface area contributed by atoms with Crippen molar-refractivity contribution in [3.8, 4) is 0 Å². The monoisotopic (exact) mass is 636 g/mol. The Morgan fingerprint density at radius 3 is 1.46 bits per heavy atom. The Balaban J connectivity index is 0.00000533. The van der Waals surface area contributed by atoms with Gasteiger partial charge in [-0.1, -0.05) is 104 Å². The number of hydrogen-bond donors (Lipinski definition) is 0. The minimum atomic E-state index is 0. The first-order valence-corrected chi connectivity index (χ1v) is 14.0. The Bertz CT molecular complexity index is 1350. The number of para-hydroxylation sites is 1. The number of rotatable bonds is 9. The fourth-order valence-electron chi connectivity index (χ4n) is 4.94. The average Bonchev–Trinajstić information content (AvgIpc) is 2.87. The minimum Gasteiger partial charge on any atom is -1.00 e. The molecular formula is C35H45Cl2CoN3. The molecule has 0 saturated carbocycles. The van der Waals surface area contributed by atoms with Crippen molar-refractivity contribution in [2.24, 2.45) is 9.98 Å². The molecule has 1 aromatic heterocycles. The third kappa shape index (κ3) is 9.12. The average molecular weight is 638 g/mol. The van der Waals surface area contributed by atoms with Crippen molar-refractivity contribution in [2.75, 3.05) is 0 Å². The summed E-state index contributed by atoms with van der Waals surface area (Å²) < 4.78 is 0. The predicted molar refractivity (Wildman–Crippen MR) is 167 cm³/mol. The molecule has 0 amide bonds. The van der Waals surface area contributed by atoms with Gasteiger partial charge in [0.05, 0.1) is 34.2 Å². The van der Waals surface area contributed by atoms with Gasteiger partial charge in [0, 0.05) is 0 Å². The van der Waals surface area contributed by atoms with E-state index >= 15 is 0 Å². The summed E-state index contributed by atoms with van der Waals surface area (Å²) in [6, 6.07) is 17.0. The Labute approximate surface area is 271 Å². The van der Waals surface area contributed by atoms with Crippen LogP contribution in [0.3, 0.4) is 0 Å². The summed E-state index contributed by atoms with van der Waals surface area (Å²) in [5.41, 5.74) is 11.9. The van der Waals surface area contributed by atoms with Crippen LogP contribution < -0.4 is 24.8 Å². The van der Waals surface area contributed by atoms with Crippen LogP contribution in [0.2, 0.25) is 0 Å². The summed E-state index contributed by atoms with van der Waals surface area (Å²) >= 11 is 0. The normalized spacial score (nSPS) is 11.9. The molecule has 0 atom stereocenters. The number of aliphatic imine (C=N–C) groups is 2. The van der Waals surface area contributed by atoms with Gasteiger partial charge in [-0.05, 0) is 77.5 Å². The molecule has 6 heteroatoms. The van der Waals surface area contributed by atoms with Gasteiger partial charge in [-0.25, -0.2) is 4.98 Å². The number of hydrogen-bond acceptors (Lipinski definition) is 3. The molecule has 1 heterocycles. The van der Waals surface area contributed by atoms with E-state index in [-0.39, 0.29) is 41.6 Å². The van der Waals surface area contributed by atoms with E-state index in [4.69, 9.17) is 15.0 Å². The van der Waals surface area contributed by atoms with Crippen molar-refractivity contribution in [3.63, 3.8) is 0 Å². The molecule has 41 heavy (non-hydrogen) atoms. The molecule has 0 aliphatic carbocycles. The number of halogens is 2. The van der Waals surface area contributed by atoms with Gasteiger partial charge in [-0.3, -0.25) is 9.98 Å². The first-order valence-electron chi connectivity index (χ1n) is 14.0. The molecule has 0 bridgehead atoms. The maximum Gasteiger partial charge on any atom is 2.00 e. The van der Waals surface area contributed by atoms with Gasteiger partial charge >= 0.3 is 16.8 Å². The largest absolute Gasteiger partial charge is 2.00 e. The van der Waals surface area contributed by atoms with Gasteiger partial charge in [0.2, 0.25) is 0 Å². The molecule has 3 rings (SSSR count). The quantitative estimate of drug-likeness (QED) is 0.319. The summed E-state index contributed by atoms with van der Waals surface area (Å²) in [5.74, 6) is 1.48. The number of pyridine rings is 1. The molecule has 0 aliphatic heterocycles. The Hall–Kier alpha value is -2.24. The van der Waals surface area contributed by atoms with Crippen molar-refractivity contribution >= 4 is 28.9 Å². The molecule has 223 valence electrons. The third-order valence-electron chi connectivity index (χ3n) is 7.09. The SMILES string of the molecule is C=Cc1ccc(C(C)C)c(N=C(C)c2cccc(C(C)=Nc3c(C(C)C)cccc3C(C)C)n2)c1C(C)C.[Cl-].[Cl-].[Co+2]. The minimum absolute atomic E-state index is 0. The number of nitrogens with zero attached hydrogens (tertiary/aromatic N) is 3. The van der Waals surface area contributed by atoms with Crippen LogP contribution in [-0.2, 0) is 16.8 Å². The van der Waals surface area contributed by atoms with E-state index in [0.29, 0.717) is 23.7 Å². The van der Waals surface area contributed by atoms with E-state index in [1.807, 2.05) is 18.2 Å². The van der Waals surface area contributed by atoms with Crippen LogP contribution in [0, 0.1) is 0 Å². The molecule has 0 saturated heterocycles. The van der Waals surface area contributed by atoms with Crippen LogP contribution in [0.1, 0.15) is 132 Å². The maximum atomic E-state index is 5.21. The van der Waals surface area contributed by atoms with Crippen LogP contribution in [0.25, 0.3) is 6.08 Å². The van der Waals surface area contributed by atoms with Gasteiger partial charge in [0.1, 0.15) is 0 Å². The van der Waals surface area contributed by atoms with E-state index in [1.54, 1.807) is 0 Å². The van der Waals surface area contributed by atoms with E-state index < -0.39 is 0 Å². The fourth-order valence-corrected chi connectivity index (χ4v) is 4.94.